The summed E-state index contributed by atoms with van der Waals surface area (Å²) in [6, 6.07) is 0. The number of fused-ring (bicyclic) bond motifs is 1. The Morgan fingerprint density at radius 2 is 1.59 bits per heavy atom. The normalized spacial score (nSPS) is 20.5. The van der Waals surface area contributed by atoms with Crippen LogP contribution in [0.5, 0.6) is 0 Å². The van der Waals surface area contributed by atoms with E-state index in [2.05, 4.69) is 41.3 Å². The first-order chi connectivity index (χ1) is 29.4. The molecule has 25 nitrogen and oxygen atoms in total. The first-order valence-corrected chi connectivity index (χ1v) is 25.5. The molecular formula is C34H58N7O18P3S. The van der Waals surface area contributed by atoms with Gasteiger partial charge in [-0.1, -0.05) is 77.5 Å². The van der Waals surface area contributed by atoms with Gasteiger partial charge < -0.3 is 50.9 Å². The van der Waals surface area contributed by atoms with Crippen LogP contribution in [-0.2, 0) is 55.5 Å². The zero-order chi connectivity index (χ0) is 47.0. The van der Waals surface area contributed by atoms with Crippen LogP contribution < -0.4 is 16.4 Å². The van der Waals surface area contributed by atoms with Crippen LogP contribution in [0.15, 0.2) is 12.7 Å². The van der Waals surface area contributed by atoms with Crippen LogP contribution in [-0.4, -0.2) is 128 Å². The van der Waals surface area contributed by atoms with Crippen LogP contribution in [0.1, 0.15) is 97.6 Å². The summed E-state index contributed by atoms with van der Waals surface area (Å²) in [7, 11) is -16.4. The summed E-state index contributed by atoms with van der Waals surface area (Å²) in [6.45, 7) is 2.50. The lowest BCUT2D eigenvalue weighted by atomic mass is 9.87. The maximum Gasteiger partial charge on any atom is 0.481 e. The molecule has 1 saturated heterocycles. The number of anilines is 1. The van der Waals surface area contributed by atoms with Gasteiger partial charge in [0, 0.05) is 37.1 Å². The second-order valence-corrected chi connectivity index (χ2v) is 20.6. The van der Waals surface area contributed by atoms with Gasteiger partial charge in [-0.3, -0.25) is 37.3 Å². The SMILES string of the molecule is CCCCCCCCCCC(=O)CC(=O)SCCNC(=O)CCNC(=O)C(O)C(C)(C)COP(=O)(O)OP(=O)(O)OCC1OC(n2cnc3c(N)ncnc32)C(O)C1OP(=O)(O)O. The number of ketones is 1. The number of hydrogen-bond acceptors (Lipinski definition) is 19. The fourth-order valence-electron chi connectivity index (χ4n) is 6.05. The molecule has 0 aromatic carbocycles. The number of nitrogen functional groups attached to an aromatic ring is 1. The summed E-state index contributed by atoms with van der Waals surface area (Å²) < 4.78 is 62.3. The highest BCUT2D eigenvalue weighted by Crippen LogP contribution is 2.61. The van der Waals surface area contributed by atoms with Crippen molar-refractivity contribution in [3.05, 3.63) is 12.7 Å². The summed E-state index contributed by atoms with van der Waals surface area (Å²) in [5.41, 5.74) is 4.24. The minimum absolute atomic E-state index is 0.0258. The average molecular weight is 978 g/mol. The molecule has 358 valence electrons. The third-order valence-corrected chi connectivity index (χ3v) is 13.4. The van der Waals surface area contributed by atoms with Crippen LogP contribution in [0.4, 0.5) is 5.82 Å². The molecule has 0 radical (unpaired) electrons. The Labute approximate surface area is 367 Å². The number of nitrogens with one attached hydrogen (secondary N) is 2. The van der Waals surface area contributed by atoms with E-state index in [0.29, 0.717) is 6.42 Å². The van der Waals surface area contributed by atoms with Crippen molar-refractivity contribution in [1.82, 2.24) is 30.2 Å². The second kappa shape index (κ2) is 25.2. The van der Waals surface area contributed by atoms with Crippen LogP contribution in [0.2, 0.25) is 0 Å². The van der Waals surface area contributed by atoms with Crippen LogP contribution in [0, 0.1) is 5.41 Å². The third kappa shape index (κ3) is 18.9. The van der Waals surface area contributed by atoms with Crippen molar-refractivity contribution < 1.29 is 85.3 Å². The molecule has 2 aromatic heterocycles. The molecule has 3 heterocycles. The number of carbonyl (C=O) groups excluding carboxylic acids is 4. The Morgan fingerprint density at radius 3 is 2.25 bits per heavy atom. The van der Waals surface area contributed by atoms with Gasteiger partial charge in [0.15, 0.2) is 22.8 Å². The summed E-state index contributed by atoms with van der Waals surface area (Å²) in [5.74, 6) is -1.40. The smallest absolute Gasteiger partial charge is 0.386 e. The van der Waals surface area contributed by atoms with Gasteiger partial charge in [-0.05, 0) is 6.42 Å². The van der Waals surface area contributed by atoms with Crippen molar-refractivity contribution >= 4 is 74.9 Å². The van der Waals surface area contributed by atoms with Gasteiger partial charge >= 0.3 is 23.5 Å². The number of unbranched alkanes of at least 4 members (excludes halogenated alkanes) is 7. The van der Waals surface area contributed by atoms with Crippen LogP contribution in [0.25, 0.3) is 11.2 Å². The fraction of sp³-hybridized carbons (Fsp3) is 0.735. The first-order valence-electron chi connectivity index (χ1n) is 20.0. The van der Waals surface area contributed by atoms with Crippen molar-refractivity contribution in [2.75, 3.05) is 37.8 Å². The molecule has 0 bridgehead atoms. The molecule has 7 atom stereocenters. The van der Waals surface area contributed by atoms with Crippen molar-refractivity contribution in [3.63, 3.8) is 0 Å². The van der Waals surface area contributed by atoms with Gasteiger partial charge in [-0.25, -0.2) is 28.6 Å². The first kappa shape index (κ1) is 54.6. The number of aromatic nitrogens is 4. The van der Waals surface area contributed by atoms with E-state index in [4.69, 9.17) is 19.5 Å². The number of phosphoric ester groups is 3. The molecular weight excluding hydrogens is 919 g/mol. The Balaban J connectivity index is 1.38. The third-order valence-electron chi connectivity index (χ3n) is 9.42. The number of thioether (sulfide) groups is 1. The minimum atomic E-state index is -5.59. The van der Waals surface area contributed by atoms with Crippen LogP contribution >= 0.6 is 35.2 Å². The van der Waals surface area contributed by atoms with Gasteiger partial charge in [0.25, 0.3) is 0 Å². The highest BCUT2D eigenvalue weighted by Gasteiger charge is 2.50. The summed E-state index contributed by atoms with van der Waals surface area (Å²) in [4.78, 5) is 100. The molecule has 1 fully saturated rings. The number of amides is 2. The molecule has 0 spiro atoms. The number of carbonyl (C=O) groups is 4. The zero-order valence-electron chi connectivity index (χ0n) is 35.1. The quantitative estimate of drug-likeness (QED) is 0.0307. The van der Waals surface area contributed by atoms with E-state index >= 15 is 0 Å². The topological polar surface area (TPSA) is 381 Å². The van der Waals surface area contributed by atoms with Gasteiger partial charge in [-0.15, -0.1) is 0 Å². The standard InChI is InChI=1S/C34H58N7O18P3S/c1-4-5-6-7-8-9-10-11-12-22(42)17-25(44)63-16-15-36-24(43)13-14-37-32(47)29(46)34(2,3)19-56-62(53,54)59-61(51,52)55-18-23-28(58-60(48,49)50)27(45)33(57-23)41-21-40-26-30(35)38-20-39-31(26)41/h20-21,23,27-29,33,45-46H,4-19H2,1-3H3,(H,36,43)(H,37,47)(H,51,52)(H,53,54)(H2,35,38,39)(H2,48,49,50). The molecule has 1 aliphatic heterocycles. The molecule has 7 unspecified atom stereocenters. The van der Waals surface area contributed by atoms with E-state index in [1.807, 2.05) is 0 Å². The fourth-order valence-corrected chi connectivity index (χ4v) is 9.58. The highest BCUT2D eigenvalue weighted by molar-refractivity contribution is 8.13. The van der Waals surface area contributed by atoms with Crippen molar-refractivity contribution in [2.45, 2.75) is 122 Å². The molecule has 2 amide bonds. The maximum atomic E-state index is 12.7. The van der Waals surface area contributed by atoms with Gasteiger partial charge in [-0.2, -0.15) is 4.31 Å². The van der Waals surface area contributed by atoms with Crippen molar-refractivity contribution in [3.8, 4) is 0 Å². The molecule has 0 saturated carbocycles. The Kier molecular flexibility index (Phi) is 21.8. The molecule has 0 aliphatic carbocycles. The number of aliphatic hydroxyl groups is 2. The Morgan fingerprint density at radius 1 is 0.937 bits per heavy atom. The van der Waals surface area contributed by atoms with E-state index in [-0.39, 0.29) is 59.6 Å². The van der Waals surface area contributed by atoms with Crippen LogP contribution in [0.3, 0.4) is 0 Å². The Bertz CT molecular complexity index is 1990. The number of phosphoric acid groups is 3. The van der Waals surface area contributed by atoms with Crippen molar-refractivity contribution in [2.24, 2.45) is 5.41 Å². The predicted octanol–water partition coefficient (Wildman–Crippen LogP) is 2.15. The zero-order valence-corrected chi connectivity index (χ0v) is 38.6. The lowest BCUT2D eigenvalue weighted by Gasteiger charge is -2.30. The minimum Gasteiger partial charge on any atom is -0.386 e. The number of hydrogen-bond donors (Lipinski definition) is 9. The molecule has 2 aromatic rings. The van der Waals surface area contributed by atoms with E-state index in [0.717, 1.165) is 54.7 Å². The van der Waals surface area contributed by atoms with E-state index in [9.17, 15) is 62.7 Å². The maximum absolute atomic E-state index is 12.7. The molecule has 63 heavy (non-hydrogen) atoms. The number of nitrogens with two attached hydrogens (primary N) is 1. The number of imidazole rings is 1. The van der Waals surface area contributed by atoms with Gasteiger partial charge in [0.1, 0.15) is 42.0 Å². The van der Waals surface area contributed by atoms with Crippen molar-refractivity contribution in [1.29, 1.82) is 0 Å². The molecule has 3 rings (SSSR count). The highest BCUT2D eigenvalue weighted by atomic mass is 32.2. The lowest BCUT2D eigenvalue weighted by molar-refractivity contribution is -0.137. The summed E-state index contributed by atoms with van der Waals surface area (Å²) in [5, 5.41) is 26.1. The number of nitrogens with zero attached hydrogens (tertiary/aromatic N) is 4. The molecule has 29 heteroatoms. The summed E-state index contributed by atoms with van der Waals surface area (Å²) in [6.07, 6.45) is 1.96. The van der Waals surface area contributed by atoms with E-state index < -0.39 is 84.6 Å². The second-order valence-electron chi connectivity index (χ2n) is 15.2. The largest absolute Gasteiger partial charge is 0.481 e. The lowest BCUT2D eigenvalue weighted by Crippen LogP contribution is -2.46. The van der Waals surface area contributed by atoms with E-state index in [1.54, 1.807) is 0 Å². The van der Waals surface area contributed by atoms with E-state index in [1.165, 1.54) is 39.5 Å². The predicted molar refractivity (Wildman–Crippen MR) is 224 cm³/mol. The number of rotatable bonds is 30. The number of Topliss-reactive ketones (excluding diaryl/α,β-unsaturated/α-hetero) is 1. The average Bonchev–Trinajstić information content (AvgIpc) is 3.75. The summed E-state index contributed by atoms with van der Waals surface area (Å²) >= 11 is 0.933. The van der Waals surface area contributed by atoms with Gasteiger partial charge in [0.05, 0.1) is 26.0 Å². The number of aliphatic hydroxyl groups excluding tert-OH is 2. The molecule has 1 aliphatic rings. The van der Waals surface area contributed by atoms with Gasteiger partial charge in [0.2, 0.25) is 11.8 Å². The molecule has 10 N–H and O–H groups in total. The number of ether oxygens (including phenoxy) is 1. The Hall–Kier alpha value is -2.77. The monoisotopic (exact) mass is 977 g/mol.